The molecule has 0 radical (unpaired) electrons. The second kappa shape index (κ2) is 9.32. The van der Waals surface area contributed by atoms with Crippen LogP contribution in [0.1, 0.15) is 26.5 Å². The maximum Gasteiger partial charge on any atom is 0.273 e. The van der Waals surface area contributed by atoms with Crippen molar-refractivity contribution in [2.45, 2.75) is 0 Å². The number of hydrogen-bond acceptors (Lipinski definition) is 6. The van der Waals surface area contributed by atoms with Crippen molar-refractivity contribution >= 4 is 34.6 Å². The van der Waals surface area contributed by atoms with E-state index in [1.165, 1.54) is 22.6 Å². The Bertz CT molecular complexity index is 1510. The number of imidazole rings is 1. The smallest absolute Gasteiger partial charge is 0.273 e. The number of furan rings is 1. The highest BCUT2D eigenvalue weighted by Gasteiger charge is 2.16. The summed E-state index contributed by atoms with van der Waals surface area (Å²) in [5.41, 5.74) is 3.00. The molecule has 0 fully saturated rings. The second-order valence-corrected chi connectivity index (χ2v) is 9.25. The van der Waals surface area contributed by atoms with Crippen molar-refractivity contribution in [3.05, 3.63) is 101 Å². The fraction of sp³-hybridized carbons (Fsp3) is 0.0769. The highest BCUT2D eigenvalue weighted by atomic mass is 35.5. The van der Waals surface area contributed by atoms with Crippen LogP contribution in [0.25, 0.3) is 27.8 Å². The summed E-state index contributed by atoms with van der Waals surface area (Å²) in [5, 5.41) is 3.18. The Balaban J connectivity index is 1.32. The zero-order valence-electron chi connectivity index (χ0n) is 18.8. The standard InChI is InChI=1S/C26H19ClN4O3S/c1-30(2)26(33)20-13-31(15-28-20)23-12-11-22(34-23)16-3-5-17(6-4-16)24(32)21-14-35-25(29-21)18-7-9-19(27)10-8-18/h3-15H,1-2H3. The summed E-state index contributed by atoms with van der Waals surface area (Å²) in [4.78, 5) is 35.1. The lowest BCUT2D eigenvalue weighted by molar-refractivity contribution is 0.0822. The average Bonchev–Trinajstić information content (AvgIpc) is 3.64. The summed E-state index contributed by atoms with van der Waals surface area (Å²) in [6.45, 7) is 0. The molecule has 3 aromatic heterocycles. The van der Waals surface area contributed by atoms with Gasteiger partial charge in [0.15, 0.2) is 0 Å². The van der Waals surface area contributed by atoms with E-state index >= 15 is 0 Å². The molecule has 0 saturated carbocycles. The molecule has 0 bridgehead atoms. The monoisotopic (exact) mass is 502 g/mol. The van der Waals surface area contributed by atoms with Gasteiger partial charge in [-0.1, -0.05) is 48.0 Å². The van der Waals surface area contributed by atoms with Crippen molar-refractivity contribution in [3.8, 4) is 27.8 Å². The van der Waals surface area contributed by atoms with Crippen LogP contribution in [0, 0.1) is 0 Å². The first-order chi connectivity index (χ1) is 16.9. The zero-order chi connectivity index (χ0) is 24.5. The molecule has 0 saturated heterocycles. The number of benzene rings is 2. The number of carbonyl (C=O) groups excluding carboxylic acids is 2. The maximum absolute atomic E-state index is 12.9. The van der Waals surface area contributed by atoms with Crippen molar-refractivity contribution in [1.82, 2.24) is 19.4 Å². The van der Waals surface area contributed by atoms with E-state index in [4.69, 9.17) is 16.0 Å². The number of hydrogen-bond donors (Lipinski definition) is 0. The molecule has 174 valence electrons. The number of halogens is 1. The maximum atomic E-state index is 12.9. The van der Waals surface area contributed by atoms with Crippen molar-refractivity contribution in [3.63, 3.8) is 0 Å². The fourth-order valence-electron chi connectivity index (χ4n) is 3.44. The fourth-order valence-corrected chi connectivity index (χ4v) is 4.37. The normalized spacial score (nSPS) is 10.9. The van der Waals surface area contributed by atoms with Gasteiger partial charge in [-0.2, -0.15) is 0 Å². The predicted octanol–water partition coefficient (Wildman–Crippen LogP) is 5.84. The Morgan fingerprint density at radius 2 is 1.66 bits per heavy atom. The van der Waals surface area contributed by atoms with Crippen molar-refractivity contribution in [2.75, 3.05) is 14.1 Å². The molecule has 0 spiro atoms. The van der Waals surface area contributed by atoms with Crippen LogP contribution in [0.5, 0.6) is 0 Å². The van der Waals surface area contributed by atoms with Gasteiger partial charge in [-0.25, -0.2) is 9.97 Å². The Hall–Kier alpha value is -4.01. The van der Waals surface area contributed by atoms with Crippen LogP contribution in [0.2, 0.25) is 5.02 Å². The first-order valence-electron chi connectivity index (χ1n) is 10.6. The molecular formula is C26H19ClN4O3S. The summed E-state index contributed by atoms with van der Waals surface area (Å²) < 4.78 is 7.60. The molecule has 0 atom stereocenters. The van der Waals surface area contributed by atoms with Gasteiger partial charge in [0.2, 0.25) is 11.7 Å². The van der Waals surface area contributed by atoms with Crippen LogP contribution < -0.4 is 0 Å². The lowest BCUT2D eigenvalue weighted by Crippen LogP contribution is -2.21. The minimum Gasteiger partial charge on any atom is -0.440 e. The van der Waals surface area contributed by atoms with Crippen LogP contribution >= 0.6 is 22.9 Å². The SMILES string of the molecule is CN(C)C(=O)c1cn(-c2ccc(-c3ccc(C(=O)c4csc(-c5ccc(Cl)cc5)n4)cc3)o2)cn1. The minimum atomic E-state index is -0.184. The van der Waals surface area contributed by atoms with E-state index in [1.807, 2.05) is 30.3 Å². The Morgan fingerprint density at radius 3 is 2.37 bits per heavy atom. The number of carbonyl (C=O) groups is 2. The number of nitrogens with zero attached hydrogens (tertiary/aromatic N) is 4. The zero-order valence-corrected chi connectivity index (χ0v) is 20.4. The molecule has 1 amide bonds. The molecule has 0 aliphatic rings. The largest absolute Gasteiger partial charge is 0.440 e. The van der Waals surface area contributed by atoms with Gasteiger partial charge < -0.3 is 9.32 Å². The van der Waals surface area contributed by atoms with Crippen molar-refractivity contribution < 1.29 is 14.0 Å². The Kier molecular flexibility index (Phi) is 6.07. The molecule has 2 aromatic carbocycles. The molecule has 0 unspecified atom stereocenters. The summed E-state index contributed by atoms with van der Waals surface area (Å²) in [7, 11) is 3.35. The third kappa shape index (κ3) is 4.66. The number of aromatic nitrogens is 3. The summed E-state index contributed by atoms with van der Waals surface area (Å²) >= 11 is 7.37. The lowest BCUT2D eigenvalue weighted by Gasteiger charge is -2.06. The predicted molar refractivity (Wildman–Crippen MR) is 135 cm³/mol. The van der Waals surface area contributed by atoms with E-state index in [0.29, 0.717) is 33.6 Å². The molecule has 35 heavy (non-hydrogen) atoms. The summed E-state index contributed by atoms with van der Waals surface area (Å²) in [5.74, 6) is 0.829. The minimum absolute atomic E-state index is 0.148. The van der Waals surface area contributed by atoms with Gasteiger partial charge >= 0.3 is 0 Å². The van der Waals surface area contributed by atoms with Crippen molar-refractivity contribution in [1.29, 1.82) is 0 Å². The molecule has 5 rings (SSSR count). The molecule has 0 aliphatic carbocycles. The quantitative estimate of drug-likeness (QED) is 0.272. The highest BCUT2D eigenvalue weighted by molar-refractivity contribution is 7.13. The average molecular weight is 503 g/mol. The van der Waals surface area contributed by atoms with Crippen molar-refractivity contribution in [2.24, 2.45) is 0 Å². The van der Waals surface area contributed by atoms with Crippen LogP contribution in [0.3, 0.4) is 0 Å². The lowest BCUT2D eigenvalue weighted by atomic mass is 10.1. The van der Waals surface area contributed by atoms with Gasteiger partial charge in [0.25, 0.3) is 5.91 Å². The second-order valence-electron chi connectivity index (χ2n) is 7.95. The van der Waals surface area contributed by atoms with Crippen LogP contribution in [-0.4, -0.2) is 45.2 Å². The van der Waals surface area contributed by atoms with Gasteiger partial charge in [-0.15, -0.1) is 11.3 Å². The van der Waals surface area contributed by atoms with Gasteiger partial charge in [-0.3, -0.25) is 14.2 Å². The molecule has 7 nitrogen and oxygen atoms in total. The number of rotatable bonds is 6. The van der Waals surface area contributed by atoms with Crippen LogP contribution in [-0.2, 0) is 0 Å². The molecular weight excluding hydrogens is 484 g/mol. The third-order valence-corrected chi connectivity index (χ3v) is 6.46. The summed E-state index contributed by atoms with van der Waals surface area (Å²) in [6, 6.07) is 18.2. The number of thiazole rings is 1. The molecule has 5 aromatic rings. The highest BCUT2D eigenvalue weighted by Crippen LogP contribution is 2.28. The van der Waals surface area contributed by atoms with Crippen LogP contribution in [0.15, 0.2) is 83.0 Å². The van der Waals surface area contributed by atoms with Crippen LogP contribution in [0.4, 0.5) is 0 Å². The van der Waals surface area contributed by atoms with Gasteiger partial charge in [-0.05, 0) is 18.2 Å². The molecule has 3 heterocycles. The third-order valence-electron chi connectivity index (χ3n) is 5.31. The topological polar surface area (TPSA) is 81.2 Å². The molecule has 0 N–H and O–H groups in total. The number of amides is 1. The van der Waals surface area contributed by atoms with Gasteiger partial charge in [0, 0.05) is 53.5 Å². The molecule has 9 heteroatoms. The molecule has 0 aliphatic heterocycles. The van der Waals surface area contributed by atoms with Gasteiger partial charge in [0.05, 0.1) is 0 Å². The number of ketones is 1. The van der Waals surface area contributed by atoms with E-state index in [1.54, 1.807) is 60.6 Å². The van der Waals surface area contributed by atoms with E-state index in [9.17, 15) is 9.59 Å². The first-order valence-corrected chi connectivity index (χ1v) is 11.9. The summed E-state index contributed by atoms with van der Waals surface area (Å²) in [6.07, 6.45) is 3.16. The first kappa shape index (κ1) is 22.8. The van der Waals surface area contributed by atoms with E-state index < -0.39 is 0 Å². The van der Waals surface area contributed by atoms with Gasteiger partial charge in [0.1, 0.15) is 28.5 Å². The van der Waals surface area contributed by atoms with E-state index in [-0.39, 0.29) is 11.7 Å². The Morgan fingerprint density at radius 1 is 0.943 bits per heavy atom. The van der Waals surface area contributed by atoms with E-state index in [2.05, 4.69) is 9.97 Å². The Labute approximate surface area is 210 Å². The van der Waals surface area contributed by atoms with E-state index in [0.717, 1.165) is 16.1 Å².